The Balaban J connectivity index is 1.38. The van der Waals surface area contributed by atoms with Crippen molar-refractivity contribution in [1.82, 2.24) is 9.88 Å². The van der Waals surface area contributed by atoms with Gasteiger partial charge in [-0.1, -0.05) is 30.3 Å². The highest BCUT2D eigenvalue weighted by Gasteiger charge is 2.40. The van der Waals surface area contributed by atoms with E-state index in [0.717, 1.165) is 80.5 Å². The van der Waals surface area contributed by atoms with Gasteiger partial charge in [-0.3, -0.25) is 9.78 Å². The summed E-state index contributed by atoms with van der Waals surface area (Å²) in [6, 6.07) is 16.5. The van der Waals surface area contributed by atoms with Gasteiger partial charge in [0.15, 0.2) is 0 Å². The van der Waals surface area contributed by atoms with Crippen molar-refractivity contribution in [2.45, 2.75) is 44.9 Å². The van der Waals surface area contributed by atoms with Gasteiger partial charge in [0.2, 0.25) is 0 Å². The van der Waals surface area contributed by atoms with Crippen molar-refractivity contribution in [2.24, 2.45) is 5.41 Å². The molecule has 1 aliphatic rings. The van der Waals surface area contributed by atoms with E-state index in [2.05, 4.69) is 45.1 Å². The van der Waals surface area contributed by atoms with E-state index in [1.165, 1.54) is 11.1 Å². The molecule has 0 amide bonds. The second kappa shape index (κ2) is 11.7. The summed E-state index contributed by atoms with van der Waals surface area (Å²) < 4.78 is 5.46. The van der Waals surface area contributed by atoms with E-state index in [0.29, 0.717) is 6.42 Å². The van der Waals surface area contributed by atoms with E-state index in [9.17, 15) is 9.90 Å². The molecule has 1 saturated heterocycles. The summed E-state index contributed by atoms with van der Waals surface area (Å²) in [4.78, 5) is 21.6. The molecule has 3 aromatic rings. The van der Waals surface area contributed by atoms with Crippen LogP contribution in [0.25, 0.3) is 10.9 Å². The minimum absolute atomic E-state index is 0.630. The number of hydrogen-bond acceptors (Lipinski definition) is 5. The molecule has 1 N–H and O–H groups in total. The maximum atomic E-state index is 12.4. The Morgan fingerprint density at radius 2 is 1.83 bits per heavy atom. The van der Waals surface area contributed by atoms with Crippen molar-refractivity contribution in [1.29, 1.82) is 0 Å². The van der Waals surface area contributed by atoms with Gasteiger partial charge in [0.05, 0.1) is 29.9 Å². The molecule has 0 radical (unpaired) electrons. The summed E-state index contributed by atoms with van der Waals surface area (Å²) in [6.07, 6.45) is 7.88. The number of likely N-dealkylation sites (tertiary alicyclic amines) is 1. The molecular formula is C30H39N3O3. The Kier molecular flexibility index (Phi) is 8.47. The number of aliphatic carboxylic acids is 1. The number of nitrogens with zero attached hydrogens (tertiary/aromatic N) is 3. The number of ether oxygens (including phenoxy) is 1. The van der Waals surface area contributed by atoms with Crippen LogP contribution >= 0.6 is 0 Å². The highest BCUT2D eigenvalue weighted by molar-refractivity contribution is 5.88. The van der Waals surface area contributed by atoms with Crippen LogP contribution in [-0.4, -0.2) is 61.8 Å². The number of methoxy groups -OCH3 is 1. The first-order valence-electron chi connectivity index (χ1n) is 13.0. The Labute approximate surface area is 214 Å². The second-order valence-corrected chi connectivity index (χ2v) is 10.3. The summed E-state index contributed by atoms with van der Waals surface area (Å²) >= 11 is 0. The Morgan fingerprint density at radius 1 is 1.08 bits per heavy atom. The quantitative estimate of drug-likeness (QED) is 0.387. The minimum atomic E-state index is -0.638. The van der Waals surface area contributed by atoms with Crippen molar-refractivity contribution in [2.75, 3.05) is 45.7 Å². The molecule has 0 aliphatic carbocycles. The molecule has 0 bridgehead atoms. The van der Waals surface area contributed by atoms with Crippen LogP contribution < -0.4 is 9.64 Å². The summed E-state index contributed by atoms with van der Waals surface area (Å²) in [5.74, 6) is 0.170. The maximum absolute atomic E-state index is 12.4. The van der Waals surface area contributed by atoms with Crippen LogP contribution in [0, 0.1) is 5.41 Å². The van der Waals surface area contributed by atoms with Crippen molar-refractivity contribution >= 4 is 22.6 Å². The fourth-order valence-corrected chi connectivity index (χ4v) is 5.52. The van der Waals surface area contributed by atoms with Gasteiger partial charge in [0, 0.05) is 19.5 Å². The van der Waals surface area contributed by atoms with Crippen LogP contribution in [0.5, 0.6) is 5.75 Å². The molecular weight excluding hydrogens is 450 g/mol. The summed E-state index contributed by atoms with van der Waals surface area (Å²) in [7, 11) is 5.73. The standard InChI is InChI=1S/C30H39N3O3/c1-32(2)28-22-31-27-14-13-24(36-3)21-26(27)25(28)12-7-15-30(29(34)35)16-19-33(20-17-30)18-8-11-23-9-5-4-6-10-23/h4-6,9-10,13-14,21-22H,7-8,11-12,15-20H2,1-3H3,(H,34,35). The molecule has 2 aromatic carbocycles. The minimum Gasteiger partial charge on any atom is -0.497 e. The third-order valence-electron chi connectivity index (χ3n) is 7.78. The number of piperidine rings is 1. The SMILES string of the molecule is COc1ccc2ncc(N(C)C)c(CCCC3(C(=O)O)CCN(CCCc4ccccc4)CC3)c2c1. The first kappa shape index (κ1) is 26.0. The predicted octanol–water partition coefficient (Wildman–Crippen LogP) is 5.43. The number of fused-ring (bicyclic) bond motifs is 1. The highest BCUT2D eigenvalue weighted by atomic mass is 16.5. The third kappa shape index (κ3) is 5.98. The number of rotatable bonds is 11. The molecule has 192 valence electrons. The van der Waals surface area contributed by atoms with Crippen LogP contribution in [0.15, 0.2) is 54.7 Å². The van der Waals surface area contributed by atoms with E-state index >= 15 is 0 Å². The first-order chi connectivity index (χ1) is 17.4. The lowest BCUT2D eigenvalue weighted by atomic mass is 9.74. The number of carboxylic acids is 1. The number of carbonyl (C=O) groups is 1. The number of benzene rings is 2. The van der Waals surface area contributed by atoms with E-state index in [1.807, 2.05) is 38.5 Å². The number of aromatic nitrogens is 1. The van der Waals surface area contributed by atoms with Gasteiger partial charge in [-0.2, -0.15) is 0 Å². The van der Waals surface area contributed by atoms with E-state index in [-0.39, 0.29) is 0 Å². The van der Waals surface area contributed by atoms with Gasteiger partial charge in [-0.15, -0.1) is 0 Å². The van der Waals surface area contributed by atoms with Gasteiger partial charge in [0.25, 0.3) is 0 Å². The molecule has 0 atom stereocenters. The van der Waals surface area contributed by atoms with Crippen molar-refractivity contribution in [3.63, 3.8) is 0 Å². The molecule has 0 unspecified atom stereocenters. The largest absolute Gasteiger partial charge is 0.497 e. The summed E-state index contributed by atoms with van der Waals surface area (Å²) in [5, 5.41) is 11.3. The van der Waals surface area contributed by atoms with E-state index < -0.39 is 11.4 Å². The first-order valence-corrected chi connectivity index (χ1v) is 13.0. The highest BCUT2D eigenvalue weighted by Crippen LogP contribution is 2.38. The molecule has 0 saturated carbocycles. The van der Waals surface area contributed by atoms with Crippen LogP contribution in [0.2, 0.25) is 0 Å². The number of anilines is 1. The number of hydrogen-bond donors (Lipinski definition) is 1. The Hall–Kier alpha value is -3.12. The van der Waals surface area contributed by atoms with Gasteiger partial charge in [-0.05, 0) is 93.9 Å². The van der Waals surface area contributed by atoms with E-state index in [4.69, 9.17) is 4.74 Å². The van der Waals surface area contributed by atoms with Gasteiger partial charge in [0.1, 0.15) is 5.75 Å². The molecule has 36 heavy (non-hydrogen) atoms. The number of carboxylic acid groups (broad SMARTS) is 1. The molecule has 1 fully saturated rings. The van der Waals surface area contributed by atoms with Crippen molar-refractivity contribution < 1.29 is 14.6 Å². The monoisotopic (exact) mass is 489 g/mol. The maximum Gasteiger partial charge on any atom is 0.309 e. The molecule has 6 heteroatoms. The lowest BCUT2D eigenvalue weighted by Crippen LogP contribution is -2.44. The van der Waals surface area contributed by atoms with Gasteiger partial charge >= 0.3 is 5.97 Å². The van der Waals surface area contributed by atoms with Crippen LogP contribution in [0.1, 0.15) is 43.2 Å². The Morgan fingerprint density at radius 3 is 2.50 bits per heavy atom. The number of pyridine rings is 1. The average Bonchev–Trinajstić information content (AvgIpc) is 2.89. The van der Waals surface area contributed by atoms with Gasteiger partial charge in [-0.25, -0.2) is 0 Å². The van der Waals surface area contributed by atoms with Crippen molar-refractivity contribution in [3.05, 3.63) is 65.9 Å². The van der Waals surface area contributed by atoms with Gasteiger partial charge < -0.3 is 19.6 Å². The zero-order valence-corrected chi connectivity index (χ0v) is 21.9. The molecule has 0 spiro atoms. The lowest BCUT2D eigenvalue weighted by molar-refractivity contribution is -0.152. The van der Waals surface area contributed by atoms with Crippen LogP contribution in [0.4, 0.5) is 5.69 Å². The average molecular weight is 490 g/mol. The summed E-state index contributed by atoms with van der Waals surface area (Å²) in [5.41, 5.74) is 3.96. The normalized spacial score (nSPS) is 15.6. The molecule has 1 aromatic heterocycles. The topological polar surface area (TPSA) is 65.9 Å². The zero-order valence-electron chi connectivity index (χ0n) is 21.9. The fraction of sp³-hybridized carbons (Fsp3) is 0.467. The zero-order chi connectivity index (χ0) is 25.5. The van der Waals surface area contributed by atoms with Crippen LogP contribution in [-0.2, 0) is 17.6 Å². The smallest absolute Gasteiger partial charge is 0.309 e. The Bertz CT molecular complexity index is 1150. The van der Waals surface area contributed by atoms with E-state index in [1.54, 1.807) is 7.11 Å². The summed E-state index contributed by atoms with van der Waals surface area (Å²) in [6.45, 7) is 2.75. The molecule has 1 aliphatic heterocycles. The van der Waals surface area contributed by atoms with Crippen molar-refractivity contribution in [3.8, 4) is 5.75 Å². The van der Waals surface area contributed by atoms with Crippen LogP contribution in [0.3, 0.4) is 0 Å². The number of aryl methyl sites for hydroxylation is 2. The third-order valence-corrected chi connectivity index (χ3v) is 7.78. The molecule has 4 rings (SSSR count). The molecule has 6 nitrogen and oxygen atoms in total. The lowest BCUT2D eigenvalue weighted by Gasteiger charge is -2.39. The molecule has 2 heterocycles. The second-order valence-electron chi connectivity index (χ2n) is 10.3. The predicted molar refractivity (Wildman–Crippen MR) is 146 cm³/mol. The fourth-order valence-electron chi connectivity index (χ4n) is 5.52.